The zero-order valence-corrected chi connectivity index (χ0v) is 22.4. The summed E-state index contributed by atoms with van der Waals surface area (Å²) in [4.78, 5) is 0. The van der Waals surface area contributed by atoms with E-state index in [0.717, 1.165) is 38.9 Å². The van der Waals surface area contributed by atoms with Gasteiger partial charge < -0.3 is 9.47 Å². The molecule has 0 saturated heterocycles. The zero-order chi connectivity index (χ0) is 24.3. The first kappa shape index (κ1) is 25.5. The van der Waals surface area contributed by atoms with Crippen LogP contribution in [0.5, 0.6) is 0 Å². The van der Waals surface area contributed by atoms with Gasteiger partial charge in [-0.3, -0.25) is 0 Å². The number of hydrogen-bond donors (Lipinski definition) is 0. The zero-order valence-electron chi connectivity index (χ0n) is 22.4. The average Bonchev–Trinajstić information content (AvgIpc) is 3.33. The first-order chi connectivity index (χ1) is 16.2. The minimum absolute atomic E-state index is 0.222. The van der Waals surface area contributed by atoms with Crippen molar-refractivity contribution >= 4 is 0 Å². The summed E-state index contributed by atoms with van der Waals surface area (Å²) < 4.78 is 12.9. The van der Waals surface area contributed by atoms with Gasteiger partial charge in [-0.25, -0.2) is 0 Å². The predicted molar refractivity (Wildman–Crippen MR) is 143 cm³/mol. The molecule has 2 unspecified atom stereocenters. The molecule has 0 aliphatic heterocycles. The van der Waals surface area contributed by atoms with E-state index in [4.69, 9.17) is 9.47 Å². The Labute approximate surface area is 208 Å². The molecule has 2 nitrogen and oxygen atoms in total. The summed E-state index contributed by atoms with van der Waals surface area (Å²) in [5, 5.41) is 0. The summed E-state index contributed by atoms with van der Waals surface area (Å²) in [5.41, 5.74) is 6.40. The number of benzene rings is 2. The molecule has 2 heteroatoms. The van der Waals surface area contributed by atoms with E-state index in [2.05, 4.69) is 90.1 Å². The number of hydrogen-bond acceptors (Lipinski definition) is 2. The van der Waals surface area contributed by atoms with Crippen LogP contribution < -0.4 is 0 Å². The molecule has 0 spiro atoms. The van der Waals surface area contributed by atoms with E-state index >= 15 is 0 Å². The smallest absolute Gasteiger partial charge is 0.0689 e. The van der Waals surface area contributed by atoms with Crippen LogP contribution in [0.15, 0.2) is 48.5 Å². The lowest BCUT2D eigenvalue weighted by Crippen LogP contribution is -2.29. The number of fused-ring (bicyclic) bond motifs is 2. The molecule has 0 saturated carbocycles. The van der Waals surface area contributed by atoms with Gasteiger partial charge in [-0.2, -0.15) is 0 Å². The maximum absolute atomic E-state index is 6.47. The van der Waals surface area contributed by atoms with Gasteiger partial charge >= 0.3 is 0 Å². The van der Waals surface area contributed by atoms with E-state index in [0.29, 0.717) is 24.0 Å². The molecule has 0 bridgehead atoms. The molecule has 186 valence electrons. The monoisotopic (exact) mass is 462 g/mol. The Bertz CT molecular complexity index is 855. The maximum atomic E-state index is 6.47. The summed E-state index contributed by atoms with van der Waals surface area (Å²) >= 11 is 0. The third-order valence-electron chi connectivity index (χ3n) is 7.93. The maximum Gasteiger partial charge on any atom is 0.0689 e. The molecule has 0 N–H and O–H groups in total. The van der Waals surface area contributed by atoms with Crippen molar-refractivity contribution in [3.8, 4) is 0 Å². The van der Waals surface area contributed by atoms with Crippen molar-refractivity contribution in [2.75, 3.05) is 13.2 Å². The quantitative estimate of drug-likeness (QED) is 0.351. The van der Waals surface area contributed by atoms with Crippen molar-refractivity contribution < 1.29 is 9.47 Å². The standard InChI is InChI=1S/C32H46O2/c1-31(2,3)29-25-17-11-9-15-23(25)21-27(29)33-19-13-7-8-14-20-34-28-22-24-16-10-12-18-26(24)30(28)32(4,5)6/h9-12,15-18,27-30H,7-8,13-14,19-22H2,1-6H3/t27-,28-,29?,30?/m1/s1. The average molecular weight is 463 g/mol. The lowest BCUT2D eigenvalue weighted by Gasteiger charge is -2.33. The number of rotatable bonds is 9. The third-order valence-corrected chi connectivity index (χ3v) is 7.93. The van der Waals surface area contributed by atoms with Crippen LogP contribution in [-0.4, -0.2) is 25.4 Å². The first-order valence-corrected chi connectivity index (χ1v) is 13.5. The van der Waals surface area contributed by atoms with Crippen LogP contribution in [0.1, 0.15) is 101 Å². The molecule has 4 rings (SSSR count). The van der Waals surface area contributed by atoms with Crippen molar-refractivity contribution in [2.45, 2.75) is 104 Å². The van der Waals surface area contributed by atoms with Crippen molar-refractivity contribution in [2.24, 2.45) is 10.8 Å². The normalized spacial score (nSPS) is 24.3. The number of ether oxygens (including phenoxy) is 2. The SMILES string of the molecule is CC(C)(C)C1c2ccccc2C[C@H]1OCCCCCCO[C@@H]1Cc2ccccc2C1C(C)(C)C. The van der Waals surface area contributed by atoms with Crippen LogP contribution in [0, 0.1) is 10.8 Å². The van der Waals surface area contributed by atoms with E-state index in [1.807, 2.05) is 0 Å². The Kier molecular flexibility index (Phi) is 7.89. The molecule has 0 heterocycles. The van der Waals surface area contributed by atoms with Crippen molar-refractivity contribution in [1.29, 1.82) is 0 Å². The van der Waals surface area contributed by atoms with Crippen LogP contribution >= 0.6 is 0 Å². The minimum atomic E-state index is 0.222. The Morgan fingerprint density at radius 2 is 0.971 bits per heavy atom. The Balaban J connectivity index is 1.16. The van der Waals surface area contributed by atoms with Gasteiger partial charge in [0.1, 0.15) is 0 Å². The Morgan fingerprint density at radius 1 is 0.588 bits per heavy atom. The predicted octanol–water partition coefficient (Wildman–Crippen LogP) is 8.09. The lowest BCUT2D eigenvalue weighted by atomic mass is 9.76. The largest absolute Gasteiger partial charge is 0.377 e. The van der Waals surface area contributed by atoms with Crippen LogP contribution in [0.3, 0.4) is 0 Å². The van der Waals surface area contributed by atoms with E-state index in [1.54, 1.807) is 0 Å². The fourth-order valence-electron chi connectivity index (χ4n) is 6.50. The first-order valence-electron chi connectivity index (χ1n) is 13.5. The minimum Gasteiger partial charge on any atom is -0.377 e. The third kappa shape index (κ3) is 5.77. The molecule has 2 aromatic carbocycles. The summed E-state index contributed by atoms with van der Waals surface area (Å²) in [6.45, 7) is 15.8. The fraction of sp³-hybridized carbons (Fsp3) is 0.625. The molecule has 2 aromatic rings. The van der Waals surface area contributed by atoms with Crippen LogP contribution in [0.2, 0.25) is 0 Å². The van der Waals surface area contributed by atoms with Crippen LogP contribution in [0.4, 0.5) is 0 Å². The van der Waals surface area contributed by atoms with Gasteiger partial charge in [0.05, 0.1) is 12.2 Å². The van der Waals surface area contributed by atoms with Gasteiger partial charge in [0.2, 0.25) is 0 Å². The second-order valence-corrected chi connectivity index (χ2v) is 12.7. The molecule has 34 heavy (non-hydrogen) atoms. The summed E-state index contributed by atoms with van der Waals surface area (Å²) in [6.07, 6.45) is 7.48. The highest BCUT2D eigenvalue weighted by Gasteiger charge is 2.41. The molecule has 0 amide bonds. The van der Waals surface area contributed by atoms with Gasteiger partial charge in [-0.1, -0.05) is 103 Å². The van der Waals surface area contributed by atoms with Crippen LogP contribution in [-0.2, 0) is 22.3 Å². The molecule has 0 aromatic heterocycles. The molecule has 2 aliphatic carbocycles. The summed E-state index contributed by atoms with van der Waals surface area (Å²) in [6, 6.07) is 17.9. The molecule has 4 atom stereocenters. The van der Waals surface area contributed by atoms with E-state index < -0.39 is 0 Å². The molecular weight excluding hydrogens is 416 g/mol. The molecule has 0 radical (unpaired) electrons. The van der Waals surface area contributed by atoms with Crippen molar-refractivity contribution in [3.63, 3.8) is 0 Å². The van der Waals surface area contributed by atoms with Gasteiger partial charge in [0.15, 0.2) is 0 Å². The summed E-state index contributed by atoms with van der Waals surface area (Å²) in [5.74, 6) is 0.979. The highest BCUT2D eigenvalue weighted by Crippen LogP contribution is 2.47. The highest BCUT2D eigenvalue weighted by atomic mass is 16.5. The van der Waals surface area contributed by atoms with Gasteiger partial charge in [-0.05, 0) is 58.8 Å². The van der Waals surface area contributed by atoms with Gasteiger partial charge in [0.25, 0.3) is 0 Å². The summed E-state index contributed by atoms with van der Waals surface area (Å²) in [7, 11) is 0. The fourth-order valence-corrected chi connectivity index (χ4v) is 6.50. The topological polar surface area (TPSA) is 18.5 Å². The second kappa shape index (κ2) is 10.5. The second-order valence-electron chi connectivity index (χ2n) is 12.7. The highest BCUT2D eigenvalue weighted by molar-refractivity contribution is 5.39. The van der Waals surface area contributed by atoms with E-state index in [-0.39, 0.29) is 10.8 Å². The van der Waals surface area contributed by atoms with Crippen molar-refractivity contribution in [1.82, 2.24) is 0 Å². The lowest BCUT2D eigenvalue weighted by molar-refractivity contribution is 0.00941. The van der Waals surface area contributed by atoms with E-state index in [1.165, 1.54) is 35.1 Å². The van der Waals surface area contributed by atoms with Crippen LogP contribution in [0.25, 0.3) is 0 Å². The Hall–Kier alpha value is -1.64. The molecule has 0 fully saturated rings. The molecular formula is C32H46O2. The number of unbranched alkanes of at least 4 members (excludes halogenated alkanes) is 3. The van der Waals surface area contributed by atoms with Gasteiger partial charge in [0, 0.05) is 25.0 Å². The Morgan fingerprint density at radius 3 is 1.35 bits per heavy atom. The van der Waals surface area contributed by atoms with E-state index in [9.17, 15) is 0 Å². The van der Waals surface area contributed by atoms with Gasteiger partial charge in [-0.15, -0.1) is 0 Å². The molecule has 2 aliphatic rings. The van der Waals surface area contributed by atoms with Crippen molar-refractivity contribution in [3.05, 3.63) is 70.8 Å².